The van der Waals surface area contributed by atoms with Gasteiger partial charge >= 0.3 is 0 Å². The van der Waals surface area contributed by atoms with Crippen molar-refractivity contribution in [2.24, 2.45) is 10.9 Å². The third kappa shape index (κ3) is 2.27. The lowest BCUT2D eigenvalue weighted by Gasteiger charge is -2.24. The summed E-state index contributed by atoms with van der Waals surface area (Å²) in [6, 6.07) is 11.9. The van der Waals surface area contributed by atoms with Crippen molar-refractivity contribution >= 4 is 12.3 Å². The second-order valence-electron chi connectivity index (χ2n) is 6.72. The van der Waals surface area contributed by atoms with Crippen LogP contribution >= 0.6 is 0 Å². The Balaban J connectivity index is 1.64. The molecule has 1 heterocycles. The molecule has 1 aliphatic heterocycles. The normalized spacial score (nSPS) is 23.8. The molecule has 1 saturated carbocycles. The predicted molar refractivity (Wildman–Crippen MR) is 95.4 cm³/mol. The minimum atomic E-state index is -0.146. The Bertz CT molecular complexity index is 824. The van der Waals surface area contributed by atoms with Crippen molar-refractivity contribution in [3.63, 3.8) is 0 Å². The Kier molecular flexibility index (Phi) is 3.52. The molecule has 2 aliphatic rings. The van der Waals surface area contributed by atoms with Gasteiger partial charge in [0.1, 0.15) is 11.6 Å². The maximum atomic E-state index is 15.0. The summed E-state index contributed by atoms with van der Waals surface area (Å²) in [6.45, 7) is 4.41. The third-order valence-corrected chi connectivity index (χ3v) is 5.40. The Labute approximate surface area is 141 Å². The summed E-state index contributed by atoms with van der Waals surface area (Å²) in [5.74, 6) is 1.17. The maximum Gasteiger partial charge on any atom is 0.134 e. The Morgan fingerprint density at radius 3 is 2.79 bits per heavy atom. The smallest absolute Gasteiger partial charge is 0.134 e. The molecule has 0 radical (unpaired) electrons. The van der Waals surface area contributed by atoms with Gasteiger partial charge in [0.05, 0.1) is 7.11 Å². The van der Waals surface area contributed by atoms with Crippen molar-refractivity contribution in [3.8, 4) is 5.75 Å². The van der Waals surface area contributed by atoms with Crippen LogP contribution in [-0.4, -0.2) is 19.9 Å². The molecule has 0 saturated heterocycles. The SMILES string of the molecule is C=Cc1ccc2c(c1F)C1(CN=C2)CC1Cc1ccc(OC)cc1. The van der Waals surface area contributed by atoms with Crippen LogP contribution < -0.4 is 4.74 Å². The fraction of sp³-hybridized carbons (Fsp3) is 0.286. The topological polar surface area (TPSA) is 21.6 Å². The van der Waals surface area contributed by atoms with Gasteiger partial charge in [-0.05, 0) is 42.0 Å². The number of ether oxygens (including phenoxy) is 1. The van der Waals surface area contributed by atoms with Gasteiger partial charge in [-0.2, -0.15) is 0 Å². The number of rotatable bonds is 4. The molecule has 0 bridgehead atoms. The number of aliphatic imine (C=N–C) groups is 1. The first-order valence-electron chi connectivity index (χ1n) is 8.26. The van der Waals surface area contributed by atoms with Gasteiger partial charge in [0, 0.05) is 29.3 Å². The van der Waals surface area contributed by atoms with Crippen molar-refractivity contribution in [1.29, 1.82) is 0 Å². The molecule has 2 nitrogen and oxygen atoms in total. The summed E-state index contributed by atoms with van der Waals surface area (Å²) in [7, 11) is 1.67. The van der Waals surface area contributed by atoms with Gasteiger partial charge in [-0.15, -0.1) is 0 Å². The molecule has 1 aliphatic carbocycles. The van der Waals surface area contributed by atoms with Crippen LogP contribution in [0.1, 0.15) is 28.7 Å². The molecule has 2 unspecified atom stereocenters. The average Bonchev–Trinajstić information content (AvgIpc) is 3.28. The van der Waals surface area contributed by atoms with Crippen LogP contribution in [0.2, 0.25) is 0 Å². The van der Waals surface area contributed by atoms with Crippen LogP contribution in [0.15, 0.2) is 48.0 Å². The molecule has 0 aromatic heterocycles. The van der Waals surface area contributed by atoms with Gasteiger partial charge in [0.25, 0.3) is 0 Å². The molecule has 4 rings (SSSR count). The zero-order chi connectivity index (χ0) is 16.7. The molecule has 2 atom stereocenters. The first-order chi connectivity index (χ1) is 11.7. The molecule has 122 valence electrons. The van der Waals surface area contributed by atoms with Gasteiger partial charge < -0.3 is 4.74 Å². The lowest BCUT2D eigenvalue weighted by Crippen LogP contribution is -2.24. The van der Waals surface area contributed by atoms with Gasteiger partial charge in [-0.25, -0.2) is 4.39 Å². The van der Waals surface area contributed by atoms with E-state index in [2.05, 4.69) is 23.7 Å². The van der Waals surface area contributed by atoms with E-state index in [4.69, 9.17) is 4.74 Å². The number of fused-ring (bicyclic) bond motifs is 2. The number of benzene rings is 2. The van der Waals surface area contributed by atoms with Crippen molar-refractivity contribution in [2.45, 2.75) is 18.3 Å². The van der Waals surface area contributed by atoms with E-state index >= 15 is 0 Å². The highest BCUT2D eigenvalue weighted by Crippen LogP contribution is 2.58. The molecule has 2 aromatic rings. The molecule has 24 heavy (non-hydrogen) atoms. The Morgan fingerprint density at radius 2 is 2.08 bits per heavy atom. The van der Waals surface area contributed by atoms with E-state index in [-0.39, 0.29) is 11.2 Å². The van der Waals surface area contributed by atoms with E-state index in [0.29, 0.717) is 18.0 Å². The number of nitrogens with zero attached hydrogens (tertiary/aromatic N) is 1. The van der Waals surface area contributed by atoms with E-state index in [1.807, 2.05) is 18.2 Å². The number of methoxy groups -OCH3 is 1. The third-order valence-electron chi connectivity index (χ3n) is 5.40. The van der Waals surface area contributed by atoms with Crippen LogP contribution in [0.3, 0.4) is 0 Å². The molecule has 0 N–H and O–H groups in total. The van der Waals surface area contributed by atoms with Gasteiger partial charge in [0.2, 0.25) is 0 Å². The van der Waals surface area contributed by atoms with Crippen LogP contribution in [0, 0.1) is 11.7 Å². The number of halogens is 1. The van der Waals surface area contributed by atoms with Gasteiger partial charge in [0.15, 0.2) is 0 Å². The van der Waals surface area contributed by atoms with E-state index in [0.717, 1.165) is 29.7 Å². The molecule has 1 spiro atoms. The quantitative estimate of drug-likeness (QED) is 0.817. The van der Waals surface area contributed by atoms with Crippen LogP contribution in [0.5, 0.6) is 5.75 Å². The van der Waals surface area contributed by atoms with E-state index in [1.165, 1.54) is 5.56 Å². The summed E-state index contributed by atoms with van der Waals surface area (Å²) < 4.78 is 20.2. The minimum Gasteiger partial charge on any atom is -0.497 e. The standard InChI is InChI=1S/C21H20FNO/c1-3-15-6-7-16-12-23-13-21(19(16)20(15)22)11-17(21)10-14-4-8-18(24-2)9-5-14/h3-9,12,17H,1,10-11,13H2,2H3. The minimum absolute atomic E-state index is 0.120. The summed E-state index contributed by atoms with van der Waals surface area (Å²) in [5.41, 5.74) is 3.45. The highest BCUT2D eigenvalue weighted by Gasteiger charge is 2.57. The average molecular weight is 321 g/mol. The Hall–Kier alpha value is -2.42. The fourth-order valence-corrected chi connectivity index (χ4v) is 3.96. The maximum absolute atomic E-state index is 15.0. The molecule has 2 aromatic carbocycles. The van der Waals surface area contributed by atoms with E-state index < -0.39 is 0 Å². The molecule has 0 amide bonds. The predicted octanol–water partition coefficient (Wildman–Crippen LogP) is 4.41. The van der Waals surface area contributed by atoms with Crippen molar-refractivity contribution in [2.75, 3.05) is 13.7 Å². The number of hydrogen-bond donors (Lipinski definition) is 0. The highest BCUT2D eigenvalue weighted by atomic mass is 19.1. The monoisotopic (exact) mass is 321 g/mol. The second-order valence-corrected chi connectivity index (χ2v) is 6.72. The fourth-order valence-electron chi connectivity index (χ4n) is 3.96. The molecular weight excluding hydrogens is 301 g/mol. The Morgan fingerprint density at radius 1 is 1.29 bits per heavy atom. The summed E-state index contributed by atoms with van der Waals surface area (Å²) in [6.07, 6.45) is 5.33. The van der Waals surface area contributed by atoms with Crippen molar-refractivity contribution in [1.82, 2.24) is 0 Å². The summed E-state index contributed by atoms with van der Waals surface area (Å²) in [5, 5.41) is 0. The first kappa shape index (κ1) is 15.1. The molecule has 3 heteroatoms. The largest absolute Gasteiger partial charge is 0.497 e. The van der Waals surface area contributed by atoms with Crippen molar-refractivity contribution < 1.29 is 9.13 Å². The first-order valence-corrected chi connectivity index (χ1v) is 8.26. The van der Waals surface area contributed by atoms with Gasteiger partial charge in [-0.1, -0.05) is 36.9 Å². The lowest BCUT2D eigenvalue weighted by molar-refractivity contribution is 0.414. The van der Waals surface area contributed by atoms with E-state index in [1.54, 1.807) is 25.5 Å². The molecule has 1 fully saturated rings. The second kappa shape index (κ2) is 5.59. The van der Waals surface area contributed by atoms with E-state index in [9.17, 15) is 4.39 Å². The number of hydrogen-bond acceptors (Lipinski definition) is 2. The highest BCUT2D eigenvalue weighted by molar-refractivity contribution is 5.85. The zero-order valence-corrected chi connectivity index (χ0v) is 13.8. The van der Waals surface area contributed by atoms with Crippen LogP contribution in [-0.2, 0) is 11.8 Å². The molecular formula is C21H20FNO. The zero-order valence-electron chi connectivity index (χ0n) is 13.8. The van der Waals surface area contributed by atoms with Crippen molar-refractivity contribution in [3.05, 3.63) is 71.0 Å². The summed E-state index contributed by atoms with van der Waals surface area (Å²) >= 11 is 0. The van der Waals surface area contributed by atoms with Crippen LogP contribution in [0.4, 0.5) is 4.39 Å². The lowest BCUT2D eigenvalue weighted by atomic mass is 9.84. The van der Waals surface area contributed by atoms with Crippen LogP contribution in [0.25, 0.3) is 6.08 Å². The van der Waals surface area contributed by atoms with Gasteiger partial charge in [-0.3, -0.25) is 4.99 Å². The summed E-state index contributed by atoms with van der Waals surface area (Å²) in [4.78, 5) is 4.51.